The summed E-state index contributed by atoms with van der Waals surface area (Å²) in [6.45, 7) is 3.71. The number of nitrogens with zero attached hydrogens (tertiary/aromatic N) is 2. The van der Waals surface area contributed by atoms with E-state index in [2.05, 4.69) is 16.3 Å². The summed E-state index contributed by atoms with van der Waals surface area (Å²) in [5.74, 6) is 0. The normalized spacial score (nSPS) is 20.7. The first-order valence-corrected chi connectivity index (χ1v) is 2.22. The molecule has 1 aliphatic heterocycles. The molecule has 0 amide bonds. The number of hydroxylamine groups is 2. The molecule has 3 nitrogen and oxygen atoms in total. The van der Waals surface area contributed by atoms with Crippen molar-refractivity contribution in [3.63, 3.8) is 0 Å². The Bertz CT molecular complexity index is 77.8. The minimum absolute atomic E-state index is 1.01. The van der Waals surface area contributed by atoms with Gasteiger partial charge in [-0.25, -0.2) is 0 Å². The molecule has 1 heterocycles. The monoisotopic (exact) mass is 99.1 g/mol. The zero-order valence-corrected chi connectivity index (χ0v) is 4.22. The lowest BCUT2D eigenvalue weighted by Crippen LogP contribution is -1.89. The predicted octanol–water partition coefficient (Wildman–Crippen LogP) is 0.116. The third-order valence-electron chi connectivity index (χ3n) is 0.654. The quantitative estimate of drug-likeness (QED) is 0.279. The molecule has 0 bridgehead atoms. The Labute approximate surface area is 42.5 Å². The van der Waals surface area contributed by atoms with Gasteiger partial charge in [0.15, 0.2) is 0 Å². The first-order chi connectivity index (χ1) is 3.43. The van der Waals surface area contributed by atoms with Crippen LogP contribution in [0.2, 0.25) is 0 Å². The Morgan fingerprint density at radius 3 is 2.86 bits per heavy atom. The van der Waals surface area contributed by atoms with Crippen molar-refractivity contribution in [2.75, 3.05) is 13.1 Å². The molecule has 1 fully saturated rings. The lowest BCUT2D eigenvalue weighted by atomic mass is 10.9. The van der Waals surface area contributed by atoms with Crippen LogP contribution in [0.4, 0.5) is 0 Å². The molecule has 0 aromatic rings. The van der Waals surface area contributed by atoms with Crippen molar-refractivity contribution in [2.24, 2.45) is 5.16 Å². The molecule has 0 unspecified atom stereocenters. The Balaban J connectivity index is 1.98. The van der Waals surface area contributed by atoms with Crippen LogP contribution in [0.15, 0.2) is 5.16 Å². The van der Waals surface area contributed by atoms with E-state index in [0.29, 0.717) is 0 Å². The first kappa shape index (κ1) is 4.59. The molecule has 1 aliphatic rings. The van der Waals surface area contributed by atoms with Crippen LogP contribution in [0, 0.1) is 0 Å². The van der Waals surface area contributed by atoms with Gasteiger partial charge in [0.25, 0.3) is 0 Å². The molecular weight excluding hydrogens is 92.1 g/mol. The average Bonchev–Trinajstić information content (AvgIpc) is 2.42. The fourth-order valence-corrected chi connectivity index (χ4v) is 0.221. The Kier molecular flexibility index (Phi) is 1.26. The van der Waals surface area contributed by atoms with Crippen molar-refractivity contribution in [1.82, 2.24) is 5.06 Å². The third-order valence-corrected chi connectivity index (χ3v) is 0.654. The van der Waals surface area contributed by atoms with E-state index in [0.717, 1.165) is 13.1 Å². The van der Waals surface area contributed by atoms with Gasteiger partial charge in [0.2, 0.25) is 0 Å². The van der Waals surface area contributed by atoms with Crippen molar-refractivity contribution in [2.45, 2.75) is 6.92 Å². The van der Waals surface area contributed by atoms with Gasteiger partial charge in [0, 0.05) is 0 Å². The van der Waals surface area contributed by atoms with Crippen LogP contribution < -0.4 is 0 Å². The molecule has 0 aromatic heterocycles. The molecule has 1 saturated heterocycles. The molecule has 0 aliphatic carbocycles. The van der Waals surface area contributed by atoms with Crippen molar-refractivity contribution < 1.29 is 4.94 Å². The van der Waals surface area contributed by atoms with E-state index in [-0.39, 0.29) is 0 Å². The molecule has 0 spiro atoms. The molecule has 0 saturated carbocycles. The van der Waals surface area contributed by atoms with E-state index < -0.39 is 0 Å². The number of hydrogen-bond donors (Lipinski definition) is 0. The van der Waals surface area contributed by atoms with Crippen LogP contribution in [0.25, 0.3) is 0 Å². The zero-order chi connectivity index (χ0) is 5.11. The lowest BCUT2D eigenvalue weighted by Gasteiger charge is -1.89. The number of rotatable bonds is 2. The van der Waals surface area contributed by atoms with Crippen LogP contribution in [0.3, 0.4) is 0 Å². The summed E-state index contributed by atoms with van der Waals surface area (Å²) >= 11 is 0. The minimum Gasteiger partial charge on any atom is -0.297 e. The van der Waals surface area contributed by atoms with E-state index >= 15 is 0 Å². The molecule has 0 atom stereocenters. The van der Waals surface area contributed by atoms with Gasteiger partial charge < -0.3 is 0 Å². The van der Waals surface area contributed by atoms with Crippen molar-refractivity contribution in [3.05, 3.63) is 0 Å². The van der Waals surface area contributed by atoms with E-state index in [1.54, 1.807) is 12.0 Å². The highest BCUT2D eigenvalue weighted by atomic mass is 16.8. The SMILES string of the molecule is C[C]=NON1CC1. The van der Waals surface area contributed by atoms with Crippen molar-refractivity contribution in [1.29, 1.82) is 0 Å². The van der Waals surface area contributed by atoms with Gasteiger partial charge in [-0.2, -0.15) is 0 Å². The van der Waals surface area contributed by atoms with Crippen LogP contribution in [-0.4, -0.2) is 24.4 Å². The summed E-state index contributed by atoms with van der Waals surface area (Å²) in [6, 6.07) is 0. The summed E-state index contributed by atoms with van der Waals surface area (Å²) in [5, 5.41) is 5.14. The van der Waals surface area contributed by atoms with Crippen molar-refractivity contribution >= 4 is 6.21 Å². The molecule has 7 heavy (non-hydrogen) atoms. The van der Waals surface area contributed by atoms with Gasteiger partial charge >= 0.3 is 0 Å². The lowest BCUT2D eigenvalue weighted by molar-refractivity contribution is -0.0608. The van der Waals surface area contributed by atoms with Gasteiger partial charge in [-0.3, -0.25) is 4.94 Å². The molecule has 39 valence electrons. The molecule has 0 N–H and O–H groups in total. The maximum atomic E-state index is 4.65. The second kappa shape index (κ2) is 1.93. The zero-order valence-electron chi connectivity index (χ0n) is 4.22. The second-order valence-electron chi connectivity index (χ2n) is 1.33. The van der Waals surface area contributed by atoms with E-state index in [4.69, 9.17) is 0 Å². The molecule has 1 rings (SSSR count). The Morgan fingerprint density at radius 1 is 1.71 bits per heavy atom. The fraction of sp³-hybridized carbons (Fsp3) is 0.750. The first-order valence-electron chi connectivity index (χ1n) is 2.22. The van der Waals surface area contributed by atoms with Gasteiger partial charge in [-0.05, 0) is 6.92 Å². The fourth-order valence-electron chi connectivity index (χ4n) is 0.221. The summed E-state index contributed by atoms with van der Waals surface area (Å²) in [6.07, 6.45) is 2.50. The van der Waals surface area contributed by atoms with Gasteiger partial charge in [0.1, 0.15) is 6.21 Å². The molecule has 0 aromatic carbocycles. The standard InChI is InChI=1S/C4H7N2O/c1-2-5-7-6-3-4-6/h3-4H2,1H3. The second-order valence-corrected chi connectivity index (χ2v) is 1.33. The topological polar surface area (TPSA) is 24.6 Å². The van der Waals surface area contributed by atoms with Crippen LogP contribution >= 0.6 is 0 Å². The minimum atomic E-state index is 1.01. The maximum absolute atomic E-state index is 4.65. The predicted molar refractivity (Wildman–Crippen MR) is 25.8 cm³/mol. The van der Waals surface area contributed by atoms with Crippen molar-refractivity contribution in [3.8, 4) is 0 Å². The third kappa shape index (κ3) is 1.55. The summed E-state index contributed by atoms with van der Waals surface area (Å²) in [5.41, 5.74) is 0. The largest absolute Gasteiger partial charge is 0.297 e. The molecule has 3 heteroatoms. The van der Waals surface area contributed by atoms with Crippen LogP contribution in [0.1, 0.15) is 6.92 Å². The van der Waals surface area contributed by atoms with Gasteiger partial charge in [0.05, 0.1) is 13.1 Å². The highest BCUT2D eigenvalue weighted by molar-refractivity contribution is 5.52. The summed E-state index contributed by atoms with van der Waals surface area (Å²) in [7, 11) is 0. The Morgan fingerprint density at radius 2 is 2.43 bits per heavy atom. The van der Waals surface area contributed by atoms with Gasteiger partial charge in [-0.1, -0.05) is 5.16 Å². The molecular formula is C4H7N2O. The molecule has 1 radical (unpaired) electrons. The van der Waals surface area contributed by atoms with Gasteiger partial charge in [-0.15, -0.1) is 5.06 Å². The summed E-state index contributed by atoms with van der Waals surface area (Å²) < 4.78 is 0. The maximum Gasteiger partial charge on any atom is 0.104 e. The van der Waals surface area contributed by atoms with E-state index in [9.17, 15) is 0 Å². The highest BCUT2D eigenvalue weighted by Gasteiger charge is 2.18. The summed E-state index contributed by atoms with van der Waals surface area (Å²) in [4.78, 5) is 4.65. The smallest absolute Gasteiger partial charge is 0.104 e. The van der Waals surface area contributed by atoms with Crippen LogP contribution in [-0.2, 0) is 4.94 Å². The number of hydrogen-bond acceptors (Lipinski definition) is 3. The highest BCUT2D eigenvalue weighted by Crippen LogP contribution is 2.02. The Hall–Kier alpha value is -0.570. The van der Waals surface area contributed by atoms with E-state index in [1.165, 1.54) is 0 Å². The van der Waals surface area contributed by atoms with Crippen LogP contribution in [0.5, 0.6) is 0 Å². The average molecular weight is 99.1 g/mol. The van der Waals surface area contributed by atoms with E-state index in [1.807, 2.05) is 0 Å².